The maximum absolute atomic E-state index is 12.9. The van der Waals surface area contributed by atoms with E-state index in [-0.39, 0.29) is 29.7 Å². The molecule has 2 fully saturated rings. The highest BCUT2D eigenvalue weighted by molar-refractivity contribution is 5.91. The first-order chi connectivity index (χ1) is 10.6. The summed E-state index contributed by atoms with van der Waals surface area (Å²) in [7, 11) is 0. The lowest BCUT2D eigenvalue weighted by molar-refractivity contribution is -0.137. The van der Waals surface area contributed by atoms with Gasteiger partial charge < -0.3 is 10.2 Å². The lowest BCUT2D eigenvalue weighted by Crippen LogP contribution is -2.48. The normalized spacial score (nSPS) is 22.3. The molecule has 1 saturated heterocycles. The highest BCUT2D eigenvalue weighted by Gasteiger charge is 2.40. The number of hydrogen-bond donors (Lipinski definition) is 1. The van der Waals surface area contributed by atoms with E-state index in [1.165, 1.54) is 12.1 Å². The van der Waals surface area contributed by atoms with Crippen molar-refractivity contribution < 1.29 is 14.0 Å². The summed E-state index contributed by atoms with van der Waals surface area (Å²) in [5, 5.41) is 2.88. The predicted octanol–water partition coefficient (Wildman–Crippen LogP) is 2.38. The van der Waals surface area contributed by atoms with E-state index in [2.05, 4.69) is 5.32 Å². The van der Waals surface area contributed by atoms with Gasteiger partial charge in [-0.2, -0.15) is 0 Å². The molecular formula is C17H21FN2O2. The third-order valence-corrected chi connectivity index (χ3v) is 4.66. The molecule has 0 radical (unpaired) electrons. The minimum Gasteiger partial charge on any atom is -0.350 e. The summed E-state index contributed by atoms with van der Waals surface area (Å²) < 4.78 is 12.9. The Kier molecular flexibility index (Phi) is 4.41. The second kappa shape index (κ2) is 6.46. The third kappa shape index (κ3) is 3.13. The van der Waals surface area contributed by atoms with Gasteiger partial charge in [-0.25, -0.2) is 4.39 Å². The molecule has 1 aliphatic carbocycles. The molecule has 1 N–H and O–H groups in total. The Hall–Kier alpha value is -1.91. The summed E-state index contributed by atoms with van der Waals surface area (Å²) in [6.45, 7) is 0.363. The third-order valence-electron chi connectivity index (χ3n) is 4.66. The quantitative estimate of drug-likeness (QED) is 0.928. The Balaban J connectivity index is 1.60. The van der Waals surface area contributed by atoms with Gasteiger partial charge in [0.2, 0.25) is 11.8 Å². The fraction of sp³-hybridized carbons (Fsp3) is 0.529. The van der Waals surface area contributed by atoms with Gasteiger partial charge in [-0.15, -0.1) is 0 Å². The van der Waals surface area contributed by atoms with Gasteiger partial charge in [0.1, 0.15) is 11.9 Å². The van der Waals surface area contributed by atoms with Crippen molar-refractivity contribution in [3.05, 3.63) is 35.6 Å². The minimum absolute atomic E-state index is 0.0953. The maximum atomic E-state index is 12.9. The first kappa shape index (κ1) is 15.0. The monoisotopic (exact) mass is 304 g/mol. The van der Waals surface area contributed by atoms with Crippen molar-refractivity contribution in [2.75, 3.05) is 0 Å². The van der Waals surface area contributed by atoms with Crippen LogP contribution in [0, 0.1) is 5.82 Å². The van der Waals surface area contributed by atoms with Crippen LogP contribution in [0.4, 0.5) is 4.39 Å². The van der Waals surface area contributed by atoms with E-state index in [1.807, 2.05) is 4.90 Å². The molecule has 1 aromatic rings. The van der Waals surface area contributed by atoms with Crippen LogP contribution >= 0.6 is 0 Å². The zero-order valence-electron chi connectivity index (χ0n) is 12.6. The number of carbonyl (C=O) groups excluding carboxylic acids is 2. The van der Waals surface area contributed by atoms with Crippen LogP contribution in [0.25, 0.3) is 0 Å². The molecular weight excluding hydrogens is 283 g/mol. The largest absolute Gasteiger partial charge is 0.350 e. The Bertz CT molecular complexity index is 552. The molecule has 4 nitrogen and oxygen atoms in total. The molecule has 1 heterocycles. The molecule has 118 valence electrons. The van der Waals surface area contributed by atoms with Crippen LogP contribution in [0.2, 0.25) is 0 Å². The Morgan fingerprint density at radius 2 is 1.86 bits per heavy atom. The number of hydrogen-bond acceptors (Lipinski definition) is 2. The van der Waals surface area contributed by atoms with E-state index >= 15 is 0 Å². The fourth-order valence-electron chi connectivity index (χ4n) is 3.51. The second-order valence-electron chi connectivity index (χ2n) is 6.14. The zero-order chi connectivity index (χ0) is 15.5. The van der Waals surface area contributed by atoms with Crippen molar-refractivity contribution in [1.29, 1.82) is 0 Å². The summed E-state index contributed by atoms with van der Waals surface area (Å²) in [4.78, 5) is 26.3. The molecule has 1 aliphatic heterocycles. The molecule has 0 spiro atoms. The van der Waals surface area contributed by atoms with Crippen LogP contribution in [0.3, 0.4) is 0 Å². The summed E-state index contributed by atoms with van der Waals surface area (Å²) >= 11 is 0. The maximum Gasteiger partial charge on any atom is 0.243 e. The van der Waals surface area contributed by atoms with E-state index in [9.17, 15) is 14.0 Å². The standard InChI is InChI=1S/C17H21FN2O2/c18-13-7-5-12(6-8-13)11-19-17(22)15-9-10-16(21)20(15)14-3-1-2-4-14/h5-8,14-15H,1-4,9-11H2,(H,19,22). The molecule has 1 atom stereocenters. The molecule has 2 aliphatic rings. The second-order valence-corrected chi connectivity index (χ2v) is 6.14. The van der Waals surface area contributed by atoms with Gasteiger partial charge >= 0.3 is 0 Å². The van der Waals surface area contributed by atoms with Crippen molar-refractivity contribution in [2.24, 2.45) is 0 Å². The molecule has 1 aromatic carbocycles. The van der Waals surface area contributed by atoms with E-state index in [4.69, 9.17) is 0 Å². The van der Waals surface area contributed by atoms with Gasteiger partial charge in [0.15, 0.2) is 0 Å². The smallest absolute Gasteiger partial charge is 0.243 e. The number of carbonyl (C=O) groups is 2. The number of nitrogens with one attached hydrogen (secondary N) is 1. The number of rotatable bonds is 4. The highest BCUT2D eigenvalue weighted by Crippen LogP contribution is 2.30. The number of nitrogens with zero attached hydrogens (tertiary/aromatic N) is 1. The first-order valence-corrected chi connectivity index (χ1v) is 7.98. The van der Waals surface area contributed by atoms with Crippen LogP contribution < -0.4 is 5.32 Å². The van der Waals surface area contributed by atoms with E-state index in [1.54, 1.807) is 12.1 Å². The molecule has 5 heteroatoms. The molecule has 0 bridgehead atoms. The van der Waals surface area contributed by atoms with Crippen molar-refractivity contribution in [3.8, 4) is 0 Å². The lowest BCUT2D eigenvalue weighted by atomic mass is 10.1. The molecule has 3 rings (SSSR count). The molecule has 22 heavy (non-hydrogen) atoms. The Labute approximate surface area is 129 Å². The molecule has 1 unspecified atom stereocenters. The number of likely N-dealkylation sites (tertiary alicyclic amines) is 1. The lowest BCUT2D eigenvalue weighted by Gasteiger charge is -2.30. The van der Waals surface area contributed by atoms with Gasteiger partial charge in [0.25, 0.3) is 0 Å². The van der Waals surface area contributed by atoms with Gasteiger partial charge in [0.05, 0.1) is 0 Å². The van der Waals surface area contributed by atoms with Crippen LogP contribution in [0.15, 0.2) is 24.3 Å². The average Bonchev–Trinajstić information content (AvgIpc) is 3.15. The van der Waals surface area contributed by atoms with Crippen LogP contribution in [-0.2, 0) is 16.1 Å². The van der Waals surface area contributed by atoms with Crippen molar-refractivity contribution in [1.82, 2.24) is 10.2 Å². The van der Waals surface area contributed by atoms with Gasteiger partial charge in [0, 0.05) is 19.0 Å². The van der Waals surface area contributed by atoms with Gasteiger partial charge in [-0.3, -0.25) is 9.59 Å². The van der Waals surface area contributed by atoms with Crippen molar-refractivity contribution in [2.45, 2.75) is 57.2 Å². The average molecular weight is 304 g/mol. The summed E-state index contributed by atoms with van der Waals surface area (Å²) in [6, 6.07) is 5.97. The highest BCUT2D eigenvalue weighted by atomic mass is 19.1. The Morgan fingerprint density at radius 1 is 1.18 bits per heavy atom. The molecule has 0 aromatic heterocycles. The summed E-state index contributed by atoms with van der Waals surface area (Å²) in [5.41, 5.74) is 0.853. The van der Waals surface area contributed by atoms with Gasteiger partial charge in [-0.1, -0.05) is 25.0 Å². The minimum atomic E-state index is -0.337. The van der Waals surface area contributed by atoms with E-state index in [0.29, 0.717) is 19.4 Å². The van der Waals surface area contributed by atoms with E-state index in [0.717, 1.165) is 31.2 Å². The van der Waals surface area contributed by atoms with Crippen molar-refractivity contribution >= 4 is 11.8 Å². The number of amides is 2. The fourth-order valence-corrected chi connectivity index (χ4v) is 3.51. The first-order valence-electron chi connectivity index (χ1n) is 7.98. The van der Waals surface area contributed by atoms with Crippen LogP contribution in [0.5, 0.6) is 0 Å². The molecule has 2 amide bonds. The molecule has 1 saturated carbocycles. The SMILES string of the molecule is O=C(NCc1ccc(F)cc1)C1CCC(=O)N1C1CCCC1. The Morgan fingerprint density at radius 3 is 2.55 bits per heavy atom. The summed E-state index contributed by atoms with van der Waals surface area (Å²) in [5.74, 6) is -0.278. The predicted molar refractivity (Wildman–Crippen MR) is 80.4 cm³/mol. The van der Waals surface area contributed by atoms with E-state index < -0.39 is 0 Å². The van der Waals surface area contributed by atoms with Gasteiger partial charge in [-0.05, 0) is 37.0 Å². The number of halogens is 1. The van der Waals surface area contributed by atoms with Crippen LogP contribution in [0.1, 0.15) is 44.1 Å². The van der Waals surface area contributed by atoms with Crippen molar-refractivity contribution in [3.63, 3.8) is 0 Å². The zero-order valence-corrected chi connectivity index (χ0v) is 12.6. The topological polar surface area (TPSA) is 49.4 Å². The van der Waals surface area contributed by atoms with Crippen LogP contribution in [-0.4, -0.2) is 28.8 Å². The summed E-state index contributed by atoms with van der Waals surface area (Å²) in [6.07, 6.45) is 5.35. The number of benzene rings is 1.